The minimum Gasteiger partial charge on any atom is -0.315 e. The Balaban J connectivity index is 0.00000162. The number of pyridine rings is 1. The van der Waals surface area contributed by atoms with E-state index in [0.29, 0.717) is 5.69 Å². The highest BCUT2D eigenvalue weighted by Gasteiger charge is 2.03. The maximum absolute atomic E-state index is 12.7. The lowest BCUT2D eigenvalue weighted by atomic mass is 10.3. The Morgan fingerprint density at radius 3 is 2.78 bits per heavy atom. The van der Waals surface area contributed by atoms with Gasteiger partial charge in [-0.1, -0.05) is 6.92 Å². The second-order valence-corrected chi connectivity index (χ2v) is 3.68. The van der Waals surface area contributed by atoms with E-state index in [1.807, 2.05) is 16.9 Å². The first-order chi connectivity index (χ1) is 8.29. The minimum absolute atomic E-state index is 0. The smallest absolute Gasteiger partial charge is 0.141 e. The van der Waals surface area contributed by atoms with Crippen LogP contribution in [-0.4, -0.2) is 27.9 Å². The zero-order chi connectivity index (χ0) is 12.1. The Hall–Kier alpha value is -1.46. The lowest BCUT2D eigenvalue weighted by Gasteiger charge is -2.01. The van der Waals surface area contributed by atoms with Gasteiger partial charge in [-0.3, -0.25) is 9.67 Å². The van der Waals surface area contributed by atoms with Crippen LogP contribution in [-0.2, 0) is 6.54 Å². The topological polar surface area (TPSA) is 42.7 Å². The summed E-state index contributed by atoms with van der Waals surface area (Å²) in [6.07, 6.45) is 3.10. The average Bonchev–Trinajstić information content (AvgIpc) is 2.79. The van der Waals surface area contributed by atoms with Crippen LogP contribution in [0, 0.1) is 5.82 Å². The van der Waals surface area contributed by atoms with Gasteiger partial charge in [-0.2, -0.15) is 5.10 Å². The summed E-state index contributed by atoms with van der Waals surface area (Å²) in [6, 6.07) is 4.90. The molecule has 0 saturated carbocycles. The van der Waals surface area contributed by atoms with Crippen molar-refractivity contribution >= 4 is 12.4 Å². The van der Waals surface area contributed by atoms with Crippen LogP contribution in [0.15, 0.2) is 30.6 Å². The van der Waals surface area contributed by atoms with E-state index in [2.05, 4.69) is 22.3 Å². The molecular formula is C12H16ClFN4. The first-order valence-electron chi connectivity index (χ1n) is 5.65. The zero-order valence-electron chi connectivity index (χ0n) is 10.1. The number of halogens is 2. The van der Waals surface area contributed by atoms with E-state index in [1.54, 1.807) is 6.07 Å². The van der Waals surface area contributed by atoms with Crippen molar-refractivity contribution in [1.29, 1.82) is 0 Å². The SMILES string of the molecule is CCNCCn1ccc(-c2ccc(F)cn2)n1.Cl. The highest BCUT2D eigenvalue weighted by Crippen LogP contribution is 2.13. The quantitative estimate of drug-likeness (QED) is 0.847. The second kappa shape index (κ2) is 7.08. The molecule has 0 atom stereocenters. The standard InChI is InChI=1S/C12H15FN4.ClH/c1-2-14-6-8-17-7-5-12(16-17)11-4-3-10(13)9-15-11;/h3-5,7,9,14H,2,6,8H2,1H3;1H. The summed E-state index contributed by atoms with van der Waals surface area (Å²) in [5.41, 5.74) is 1.45. The molecule has 0 bridgehead atoms. The number of rotatable bonds is 5. The Kier molecular flexibility index (Phi) is 5.74. The minimum atomic E-state index is -0.333. The Morgan fingerprint density at radius 1 is 1.28 bits per heavy atom. The van der Waals surface area contributed by atoms with Gasteiger partial charge in [-0.05, 0) is 24.7 Å². The molecule has 0 aliphatic rings. The molecule has 6 heteroatoms. The third kappa shape index (κ3) is 3.78. The summed E-state index contributed by atoms with van der Waals surface area (Å²) < 4.78 is 14.6. The van der Waals surface area contributed by atoms with Gasteiger partial charge in [0.15, 0.2) is 0 Å². The van der Waals surface area contributed by atoms with Gasteiger partial charge in [-0.15, -0.1) is 12.4 Å². The molecule has 0 aliphatic carbocycles. The van der Waals surface area contributed by atoms with Gasteiger partial charge in [0, 0.05) is 12.7 Å². The molecule has 2 rings (SSSR count). The molecule has 0 spiro atoms. The molecule has 0 amide bonds. The van der Waals surface area contributed by atoms with Gasteiger partial charge < -0.3 is 5.32 Å². The number of nitrogens with zero attached hydrogens (tertiary/aromatic N) is 3. The van der Waals surface area contributed by atoms with Crippen molar-refractivity contribution in [3.63, 3.8) is 0 Å². The van der Waals surface area contributed by atoms with E-state index in [4.69, 9.17) is 0 Å². The molecule has 2 aromatic heterocycles. The van der Waals surface area contributed by atoms with Crippen LogP contribution in [0.4, 0.5) is 4.39 Å². The average molecular weight is 271 g/mol. The van der Waals surface area contributed by atoms with Crippen LogP contribution >= 0.6 is 12.4 Å². The van der Waals surface area contributed by atoms with E-state index in [0.717, 1.165) is 25.3 Å². The molecule has 1 N–H and O–H groups in total. The normalized spacial score (nSPS) is 10.1. The molecular weight excluding hydrogens is 255 g/mol. The van der Waals surface area contributed by atoms with Crippen molar-refractivity contribution in [1.82, 2.24) is 20.1 Å². The van der Waals surface area contributed by atoms with E-state index in [-0.39, 0.29) is 18.2 Å². The lowest BCUT2D eigenvalue weighted by Crippen LogP contribution is -2.19. The number of aromatic nitrogens is 3. The fourth-order valence-corrected chi connectivity index (χ4v) is 1.52. The zero-order valence-corrected chi connectivity index (χ0v) is 11.0. The van der Waals surface area contributed by atoms with Gasteiger partial charge >= 0.3 is 0 Å². The van der Waals surface area contributed by atoms with E-state index < -0.39 is 0 Å². The van der Waals surface area contributed by atoms with E-state index in [9.17, 15) is 4.39 Å². The molecule has 0 aromatic carbocycles. The van der Waals surface area contributed by atoms with E-state index >= 15 is 0 Å². The Bertz CT molecular complexity index is 469. The van der Waals surface area contributed by atoms with Crippen molar-refractivity contribution in [3.8, 4) is 11.4 Å². The Morgan fingerprint density at radius 2 is 2.11 bits per heavy atom. The van der Waals surface area contributed by atoms with Crippen LogP contribution in [0.2, 0.25) is 0 Å². The summed E-state index contributed by atoms with van der Waals surface area (Å²) in [6.45, 7) is 4.72. The van der Waals surface area contributed by atoms with Crippen molar-refractivity contribution in [3.05, 3.63) is 36.4 Å². The van der Waals surface area contributed by atoms with Gasteiger partial charge in [0.05, 0.1) is 18.4 Å². The van der Waals surface area contributed by atoms with E-state index in [1.165, 1.54) is 12.3 Å². The van der Waals surface area contributed by atoms with Gasteiger partial charge in [0.2, 0.25) is 0 Å². The van der Waals surface area contributed by atoms with Crippen LogP contribution in [0.25, 0.3) is 11.4 Å². The Labute approximate surface area is 112 Å². The summed E-state index contributed by atoms with van der Waals surface area (Å²) in [5, 5.41) is 7.60. The van der Waals surface area contributed by atoms with Crippen LogP contribution in [0.1, 0.15) is 6.92 Å². The van der Waals surface area contributed by atoms with Crippen LogP contribution in [0.5, 0.6) is 0 Å². The summed E-state index contributed by atoms with van der Waals surface area (Å²) in [4.78, 5) is 3.99. The molecule has 4 nitrogen and oxygen atoms in total. The third-order valence-corrected chi connectivity index (χ3v) is 2.40. The van der Waals surface area contributed by atoms with Crippen molar-refractivity contribution < 1.29 is 4.39 Å². The summed E-state index contributed by atoms with van der Waals surface area (Å²) in [7, 11) is 0. The molecule has 0 unspecified atom stereocenters. The predicted molar refractivity (Wildman–Crippen MR) is 71.2 cm³/mol. The molecule has 98 valence electrons. The molecule has 2 heterocycles. The maximum atomic E-state index is 12.7. The molecule has 18 heavy (non-hydrogen) atoms. The van der Waals surface area contributed by atoms with Crippen molar-refractivity contribution in [2.75, 3.05) is 13.1 Å². The molecule has 0 saturated heterocycles. The molecule has 2 aromatic rings. The van der Waals surface area contributed by atoms with Crippen molar-refractivity contribution in [2.24, 2.45) is 0 Å². The fourth-order valence-electron chi connectivity index (χ4n) is 1.52. The third-order valence-electron chi connectivity index (χ3n) is 2.40. The second-order valence-electron chi connectivity index (χ2n) is 3.68. The number of hydrogen-bond donors (Lipinski definition) is 1. The number of hydrogen-bond acceptors (Lipinski definition) is 3. The monoisotopic (exact) mass is 270 g/mol. The summed E-state index contributed by atoms with van der Waals surface area (Å²) in [5.74, 6) is -0.333. The predicted octanol–water partition coefficient (Wildman–Crippen LogP) is 2.12. The van der Waals surface area contributed by atoms with Crippen LogP contribution < -0.4 is 5.32 Å². The first-order valence-corrected chi connectivity index (χ1v) is 5.65. The van der Waals surface area contributed by atoms with Crippen molar-refractivity contribution in [2.45, 2.75) is 13.5 Å². The van der Waals surface area contributed by atoms with Gasteiger partial charge in [-0.25, -0.2) is 4.39 Å². The first kappa shape index (κ1) is 14.6. The molecule has 0 aliphatic heterocycles. The van der Waals surface area contributed by atoms with Gasteiger partial charge in [0.1, 0.15) is 11.5 Å². The molecule has 0 fully saturated rings. The largest absolute Gasteiger partial charge is 0.315 e. The fraction of sp³-hybridized carbons (Fsp3) is 0.333. The van der Waals surface area contributed by atoms with Gasteiger partial charge in [0.25, 0.3) is 0 Å². The number of nitrogens with one attached hydrogen (secondary N) is 1. The lowest BCUT2D eigenvalue weighted by molar-refractivity contribution is 0.566. The summed E-state index contributed by atoms with van der Waals surface area (Å²) >= 11 is 0. The van der Waals surface area contributed by atoms with Crippen LogP contribution in [0.3, 0.4) is 0 Å². The molecule has 0 radical (unpaired) electrons. The maximum Gasteiger partial charge on any atom is 0.141 e. The highest BCUT2D eigenvalue weighted by molar-refractivity contribution is 5.85. The number of likely N-dealkylation sites (N-methyl/N-ethyl adjacent to an activating group) is 1. The highest BCUT2D eigenvalue weighted by atomic mass is 35.5.